The topological polar surface area (TPSA) is 27.7 Å². The van der Waals surface area contributed by atoms with Crippen molar-refractivity contribution < 1.29 is 14.8 Å². The molecule has 0 fully saturated rings. The van der Waals surface area contributed by atoms with Gasteiger partial charge in [0, 0.05) is 0 Å². The van der Waals surface area contributed by atoms with Crippen molar-refractivity contribution in [1.82, 2.24) is 0 Å². The van der Waals surface area contributed by atoms with Crippen molar-refractivity contribution in [1.29, 1.82) is 0 Å². The second-order valence-corrected chi connectivity index (χ2v) is 4.24. The highest BCUT2D eigenvalue weighted by molar-refractivity contribution is 4.66. The molecule has 0 saturated heterocycles. The van der Waals surface area contributed by atoms with E-state index in [0.717, 1.165) is 6.42 Å². The van der Waals surface area contributed by atoms with Crippen LogP contribution in [0.5, 0.6) is 0 Å². The summed E-state index contributed by atoms with van der Waals surface area (Å²) < 4.78 is 0. The number of hydrogen-bond acceptors (Lipinski definition) is 3. The van der Waals surface area contributed by atoms with E-state index in [1.54, 1.807) is 0 Å². The monoisotopic (exact) mass is 204 g/mol. The number of rotatable bonds is 9. The molecule has 0 N–H and O–H groups in total. The first-order valence-corrected chi connectivity index (χ1v) is 5.51. The average Bonchev–Trinajstić information content (AvgIpc) is 2.15. The molecular weight excluding hydrogens is 180 g/mol. The first-order valence-electron chi connectivity index (χ1n) is 5.51. The van der Waals surface area contributed by atoms with Gasteiger partial charge in [-0.05, 0) is 20.3 Å². The summed E-state index contributed by atoms with van der Waals surface area (Å²) in [4.78, 5) is 9.46. The normalized spacial score (nSPS) is 12.0. The maximum atomic E-state index is 5.06. The molecule has 0 atom stereocenters. The van der Waals surface area contributed by atoms with Gasteiger partial charge in [0.25, 0.3) is 0 Å². The lowest BCUT2D eigenvalue weighted by molar-refractivity contribution is -0.532. The Labute approximate surface area is 87.6 Å². The van der Waals surface area contributed by atoms with E-state index in [0.29, 0.717) is 0 Å². The van der Waals surface area contributed by atoms with Gasteiger partial charge in [-0.25, -0.2) is 9.78 Å². The van der Waals surface area contributed by atoms with Crippen molar-refractivity contribution >= 4 is 0 Å². The summed E-state index contributed by atoms with van der Waals surface area (Å²) in [5.41, 5.74) is -0.248. The van der Waals surface area contributed by atoms with E-state index in [4.69, 9.17) is 4.89 Å². The summed E-state index contributed by atoms with van der Waals surface area (Å²) in [6.45, 7) is 6.23. The number of hydrogen-bond donors (Lipinski definition) is 0. The summed E-state index contributed by atoms with van der Waals surface area (Å²) in [5.74, 6) is 0. The van der Waals surface area contributed by atoms with E-state index < -0.39 is 0 Å². The van der Waals surface area contributed by atoms with Crippen LogP contribution in [0.3, 0.4) is 0 Å². The molecule has 0 aromatic rings. The molecule has 0 amide bonds. The summed E-state index contributed by atoms with van der Waals surface area (Å²) >= 11 is 0. The third kappa shape index (κ3) is 8.48. The van der Waals surface area contributed by atoms with Crippen molar-refractivity contribution in [3.05, 3.63) is 0 Å². The third-order valence-corrected chi connectivity index (χ3v) is 2.21. The van der Waals surface area contributed by atoms with Gasteiger partial charge in [-0.3, -0.25) is 0 Å². The summed E-state index contributed by atoms with van der Waals surface area (Å²) in [6, 6.07) is 0. The first-order chi connectivity index (χ1) is 6.62. The van der Waals surface area contributed by atoms with Gasteiger partial charge in [0.1, 0.15) is 5.60 Å². The predicted molar refractivity (Wildman–Crippen MR) is 56.6 cm³/mol. The van der Waals surface area contributed by atoms with Crippen LogP contribution < -0.4 is 0 Å². The van der Waals surface area contributed by atoms with Crippen LogP contribution in [-0.4, -0.2) is 12.7 Å². The van der Waals surface area contributed by atoms with Gasteiger partial charge in [0.15, 0.2) is 0 Å². The SMILES string of the molecule is CCCCCCCC(C)(C)OOOC. The quantitative estimate of drug-likeness (QED) is 0.326. The lowest BCUT2D eigenvalue weighted by atomic mass is 10.00. The average molecular weight is 204 g/mol. The zero-order valence-electron chi connectivity index (χ0n) is 9.97. The van der Waals surface area contributed by atoms with Crippen LogP contribution in [0.2, 0.25) is 0 Å². The highest BCUT2D eigenvalue weighted by atomic mass is 17.5. The summed E-state index contributed by atoms with van der Waals surface area (Å²) in [5, 5.41) is 4.48. The minimum absolute atomic E-state index is 0.248. The molecule has 0 aromatic heterocycles. The minimum atomic E-state index is -0.248. The lowest BCUT2D eigenvalue weighted by Crippen LogP contribution is -2.24. The molecule has 0 spiro atoms. The van der Waals surface area contributed by atoms with Crippen LogP contribution >= 0.6 is 0 Å². The number of unbranched alkanes of at least 4 members (excludes halogenated alkanes) is 4. The van der Waals surface area contributed by atoms with Crippen LogP contribution in [0.1, 0.15) is 59.3 Å². The van der Waals surface area contributed by atoms with Gasteiger partial charge in [-0.2, -0.15) is 0 Å². The Balaban J connectivity index is 3.35. The molecule has 0 radical (unpaired) electrons. The van der Waals surface area contributed by atoms with Crippen LogP contribution in [0, 0.1) is 0 Å². The van der Waals surface area contributed by atoms with Gasteiger partial charge in [-0.15, -0.1) is 0 Å². The van der Waals surface area contributed by atoms with E-state index in [9.17, 15) is 0 Å². The van der Waals surface area contributed by atoms with Crippen molar-refractivity contribution in [2.45, 2.75) is 64.9 Å². The van der Waals surface area contributed by atoms with Crippen LogP contribution in [0.25, 0.3) is 0 Å². The fraction of sp³-hybridized carbons (Fsp3) is 1.00. The van der Waals surface area contributed by atoms with Gasteiger partial charge >= 0.3 is 0 Å². The second-order valence-electron chi connectivity index (χ2n) is 4.24. The molecule has 0 heterocycles. The van der Waals surface area contributed by atoms with E-state index >= 15 is 0 Å². The lowest BCUT2D eigenvalue weighted by Gasteiger charge is -2.21. The molecule has 0 aromatic carbocycles. The molecule has 14 heavy (non-hydrogen) atoms. The molecule has 0 rings (SSSR count). The molecule has 3 heteroatoms. The fourth-order valence-corrected chi connectivity index (χ4v) is 1.32. The van der Waals surface area contributed by atoms with E-state index in [1.807, 2.05) is 13.8 Å². The molecule has 0 aliphatic carbocycles. The van der Waals surface area contributed by atoms with Gasteiger partial charge < -0.3 is 0 Å². The molecular formula is C11H24O3. The Bertz CT molecular complexity index is 124. The van der Waals surface area contributed by atoms with Crippen molar-refractivity contribution in [3.63, 3.8) is 0 Å². The second kappa shape index (κ2) is 8.21. The molecule has 0 unspecified atom stereocenters. The zero-order valence-corrected chi connectivity index (χ0v) is 9.97. The van der Waals surface area contributed by atoms with Gasteiger partial charge in [-0.1, -0.05) is 44.1 Å². The molecule has 3 nitrogen and oxygen atoms in total. The fourth-order valence-electron chi connectivity index (χ4n) is 1.32. The zero-order chi connectivity index (χ0) is 10.9. The van der Waals surface area contributed by atoms with Gasteiger partial charge in [0.2, 0.25) is 0 Å². The standard InChI is InChI=1S/C11H24O3/c1-5-6-7-8-9-10-11(2,3)13-14-12-4/h5-10H2,1-4H3. The molecule has 0 saturated carbocycles. The Kier molecular flexibility index (Phi) is 8.14. The molecule has 86 valence electrons. The van der Waals surface area contributed by atoms with Crippen molar-refractivity contribution in [2.24, 2.45) is 0 Å². The van der Waals surface area contributed by atoms with Crippen molar-refractivity contribution in [3.8, 4) is 0 Å². The van der Waals surface area contributed by atoms with Gasteiger partial charge in [0.05, 0.1) is 7.11 Å². The van der Waals surface area contributed by atoms with E-state index in [-0.39, 0.29) is 5.60 Å². The Hall–Kier alpha value is -0.120. The van der Waals surface area contributed by atoms with E-state index in [1.165, 1.54) is 39.2 Å². The maximum absolute atomic E-state index is 5.06. The third-order valence-electron chi connectivity index (χ3n) is 2.21. The molecule has 0 bridgehead atoms. The van der Waals surface area contributed by atoms with E-state index in [2.05, 4.69) is 16.8 Å². The van der Waals surface area contributed by atoms with Crippen molar-refractivity contribution in [2.75, 3.05) is 7.11 Å². The largest absolute Gasteiger partial charge is 0.210 e. The van der Waals surface area contributed by atoms with Crippen LogP contribution in [-0.2, 0) is 14.8 Å². The first kappa shape index (κ1) is 13.9. The Morgan fingerprint density at radius 3 is 2.21 bits per heavy atom. The molecule has 0 aliphatic heterocycles. The summed E-state index contributed by atoms with van der Waals surface area (Å²) in [6.07, 6.45) is 7.38. The minimum Gasteiger partial charge on any atom is -0.210 e. The predicted octanol–water partition coefficient (Wildman–Crippen LogP) is 3.64. The maximum Gasteiger partial charge on any atom is 0.101 e. The molecule has 0 aliphatic rings. The highest BCUT2D eigenvalue weighted by Gasteiger charge is 2.19. The Morgan fingerprint density at radius 2 is 1.64 bits per heavy atom. The summed E-state index contributed by atoms with van der Waals surface area (Å²) in [7, 11) is 1.44. The highest BCUT2D eigenvalue weighted by Crippen LogP contribution is 2.19. The Morgan fingerprint density at radius 1 is 1.00 bits per heavy atom. The van der Waals surface area contributed by atoms with Crippen LogP contribution in [0.15, 0.2) is 0 Å². The smallest absolute Gasteiger partial charge is 0.101 e. The van der Waals surface area contributed by atoms with Crippen LogP contribution in [0.4, 0.5) is 0 Å².